The van der Waals surface area contributed by atoms with E-state index >= 15 is 0 Å². The third-order valence-corrected chi connectivity index (χ3v) is 4.12. The van der Waals surface area contributed by atoms with Gasteiger partial charge in [-0.25, -0.2) is 4.98 Å². The molecule has 0 spiro atoms. The second-order valence-electron chi connectivity index (χ2n) is 5.60. The van der Waals surface area contributed by atoms with E-state index in [0.29, 0.717) is 0 Å². The van der Waals surface area contributed by atoms with Gasteiger partial charge in [-0.05, 0) is 55.3 Å². The van der Waals surface area contributed by atoms with Crippen LogP contribution in [0, 0.1) is 0 Å². The van der Waals surface area contributed by atoms with Crippen molar-refractivity contribution in [1.82, 2.24) is 9.97 Å². The number of H-pyrrole nitrogens is 1. The average molecular weight is 278 g/mol. The molecule has 0 unspecified atom stereocenters. The molecule has 21 heavy (non-hydrogen) atoms. The number of imidazole rings is 1. The average Bonchev–Trinajstić information content (AvgIpc) is 3.16. The molecule has 106 valence electrons. The summed E-state index contributed by atoms with van der Waals surface area (Å²) in [5.74, 6) is 0.892. The maximum atomic E-state index is 5.81. The molecule has 0 amide bonds. The number of aromatic nitrogens is 2. The number of anilines is 2. The van der Waals surface area contributed by atoms with Gasteiger partial charge in [0, 0.05) is 30.0 Å². The van der Waals surface area contributed by atoms with E-state index in [1.165, 1.54) is 31.6 Å². The fourth-order valence-electron chi connectivity index (χ4n) is 2.97. The molecule has 2 aromatic carbocycles. The first-order chi connectivity index (χ1) is 10.3. The second-order valence-corrected chi connectivity index (χ2v) is 5.60. The maximum Gasteiger partial charge on any atom is 0.138 e. The van der Waals surface area contributed by atoms with E-state index < -0.39 is 0 Å². The number of hydrogen-bond acceptors (Lipinski definition) is 3. The lowest BCUT2D eigenvalue weighted by atomic mass is 10.2. The van der Waals surface area contributed by atoms with Crippen LogP contribution in [0.5, 0.6) is 0 Å². The smallest absolute Gasteiger partial charge is 0.138 e. The Balaban J connectivity index is 1.67. The number of rotatable bonds is 2. The molecule has 0 bridgehead atoms. The zero-order valence-corrected chi connectivity index (χ0v) is 11.8. The molecular formula is C17H18N4. The van der Waals surface area contributed by atoms with Crippen LogP contribution >= 0.6 is 0 Å². The minimum atomic E-state index is 0.752. The van der Waals surface area contributed by atoms with E-state index in [4.69, 9.17) is 5.73 Å². The molecule has 1 aliphatic rings. The van der Waals surface area contributed by atoms with Gasteiger partial charge in [-0.1, -0.05) is 0 Å². The van der Waals surface area contributed by atoms with E-state index in [9.17, 15) is 0 Å². The summed E-state index contributed by atoms with van der Waals surface area (Å²) in [7, 11) is 0. The predicted molar refractivity (Wildman–Crippen MR) is 87.4 cm³/mol. The predicted octanol–water partition coefficient (Wildman–Crippen LogP) is 3.41. The Morgan fingerprint density at radius 2 is 1.76 bits per heavy atom. The number of hydrogen-bond donors (Lipinski definition) is 2. The van der Waals surface area contributed by atoms with Crippen molar-refractivity contribution in [2.75, 3.05) is 23.7 Å². The van der Waals surface area contributed by atoms with Crippen LogP contribution in [0.2, 0.25) is 0 Å². The summed E-state index contributed by atoms with van der Waals surface area (Å²) >= 11 is 0. The molecule has 0 radical (unpaired) electrons. The third-order valence-electron chi connectivity index (χ3n) is 4.12. The Bertz CT molecular complexity index is 767. The van der Waals surface area contributed by atoms with E-state index in [-0.39, 0.29) is 0 Å². The Morgan fingerprint density at radius 1 is 1.00 bits per heavy atom. The molecular weight excluding hydrogens is 260 g/mol. The van der Waals surface area contributed by atoms with Crippen molar-refractivity contribution in [3.05, 3.63) is 42.5 Å². The Morgan fingerprint density at radius 3 is 2.52 bits per heavy atom. The van der Waals surface area contributed by atoms with Gasteiger partial charge in [-0.15, -0.1) is 0 Å². The van der Waals surface area contributed by atoms with Crippen LogP contribution in [0.25, 0.3) is 22.4 Å². The van der Waals surface area contributed by atoms with Gasteiger partial charge in [0.2, 0.25) is 0 Å². The summed E-state index contributed by atoms with van der Waals surface area (Å²) in [5.41, 5.74) is 10.9. The van der Waals surface area contributed by atoms with Crippen LogP contribution in [-0.2, 0) is 0 Å². The van der Waals surface area contributed by atoms with E-state index in [0.717, 1.165) is 28.1 Å². The van der Waals surface area contributed by atoms with Crippen molar-refractivity contribution in [2.24, 2.45) is 0 Å². The van der Waals surface area contributed by atoms with Crippen LogP contribution in [0.15, 0.2) is 42.5 Å². The highest BCUT2D eigenvalue weighted by atomic mass is 15.1. The van der Waals surface area contributed by atoms with E-state index in [1.807, 2.05) is 18.2 Å². The summed E-state index contributed by atoms with van der Waals surface area (Å²) in [6, 6.07) is 14.4. The highest BCUT2D eigenvalue weighted by Gasteiger charge is 2.12. The molecule has 1 saturated heterocycles. The lowest BCUT2D eigenvalue weighted by molar-refractivity contribution is 0.949. The number of nitrogens with one attached hydrogen (secondary N) is 1. The van der Waals surface area contributed by atoms with E-state index in [2.05, 4.69) is 39.1 Å². The topological polar surface area (TPSA) is 57.9 Å². The summed E-state index contributed by atoms with van der Waals surface area (Å²) in [6.45, 7) is 2.34. The van der Waals surface area contributed by atoms with Crippen LogP contribution in [0.4, 0.5) is 11.4 Å². The van der Waals surface area contributed by atoms with Crippen molar-refractivity contribution in [2.45, 2.75) is 12.8 Å². The molecule has 0 aliphatic carbocycles. The molecule has 0 saturated carbocycles. The molecule has 4 rings (SSSR count). The fraction of sp³-hybridized carbons (Fsp3) is 0.235. The van der Waals surface area contributed by atoms with E-state index in [1.54, 1.807) is 0 Å². The Labute approximate surface area is 123 Å². The lowest BCUT2D eigenvalue weighted by Crippen LogP contribution is -2.17. The van der Waals surface area contributed by atoms with Gasteiger partial charge in [0.15, 0.2) is 0 Å². The zero-order chi connectivity index (χ0) is 14.2. The van der Waals surface area contributed by atoms with Gasteiger partial charge < -0.3 is 15.6 Å². The molecule has 1 aromatic heterocycles. The first-order valence-electron chi connectivity index (χ1n) is 7.40. The Hall–Kier alpha value is -2.49. The summed E-state index contributed by atoms with van der Waals surface area (Å²) in [5, 5.41) is 0. The molecule has 1 aliphatic heterocycles. The number of nitrogen functional groups attached to an aromatic ring is 1. The quantitative estimate of drug-likeness (QED) is 0.706. The van der Waals surface area contributed by atoms with Gasteiger partial charge in [0.25, 0.3) is 0 Å². The highest BCUT2D eigenvalue weighted by Crippen LogP contribution is 2.26. The van der Waals surface area contributed by atoms with Crippen molar-refractivity contribution in [3.8, 4) is 11.4 Å². The van der Waals surface area contributed by atoms with Crippen molar-refractivity contribution < 1.29 is 0 Å². The standard InChI is InChI=1S/C17H18N4/c18-13-5-8-15-16(11-13)20-17(19-15)12-3-6-14(7-4-12)21-9-1-2-10-21/h3-8,11H,1-2,9-10,18H2,(H,19,20). The van der Waals surface area contributed by atoms with Crippen LogP contribution in [-0.4, -0.2) is 23.1 Å². The molecule has 4 nitrogen and oxygen atoms in total. The monoisotopic (exact) mass is 278 g/mol. The second kappa shape index (κ2) is 4.81. The van der Waals surface area contributed by atoms with Gasteiger partial charge >= 0.3 is 0 Å². The summed E-state index contributed by atoms with van der Waals surface area (Å²) in [4.78, 5) is 10.4. The van der Waals surface area contributed by atoms with Gasteiger partial charge in [-0.2, -0.15) is 0 Å². The molecule has 2 heterocycles. The molecule has 1 fully saturated rings. The largest absolute Gasteiger partial charge is 0.399 e. The number of nitrogens with zero attached hydrogens (tertiary/aromatic N) is 2. The van der Waals surface area contributed by atoms with Crippen LogP contribution in [0.1, 0.15) is 12.8 Å². The van der Waals surface area contributed by atoms with Crippen LogP contribution in [0.3, 0.4) is 0 Å². The normalized spacial score (nSPS) is 15.0. The fourth-order valence-corrected chi connectivity index (χ4v) is 2.97. The summed E-state index contributed by atoms with van der Waals surface area (Å²) in [6.07, 6.45) is 2.60. The zero-order valence-electron chi connectivity index (χ0n) is 11.8. The van der Waals surface area contributed by atoms with Crippen molar-refractivity contribution in [3.63, 3.8) is 0 Å². The molecule has 4 heteroatoms. The molecule has 0 atom stereocenters. The van der Waals surface area contributed by atoms with Gasteiger partial charge in [-0.3, -0.25) is 0 Å². The third kappa shape index (κ3) is 2.23. The SMILES string of the molecule is Nc1ccc2nc(-c3ccc(N4CCCC4)cc3)[nH]c2c1. The lowest BCUT2D eigenvalue weighted by Gasteiger charge is -2.17. The molecule has 3 N–H and O–H groups in total. The highest BCUT2D eigenvalue weighted by molar-refractivity contribution is 5.82. The van der Waals surface area contributed by atoms with Crippen molar-refractivity contribution in [1.29, 1.82) is 0 Å². The maximum absolute atomic E-state index is 5.81. The van der Waals surface area contributed by atoms with Gasteiger partial charge in [0.1, 0.15) is 5.82 Å². The number of benzene rings is 2. The first-order valence-corrected chi connectivity index (χ1v) is 7.40. The first kappa shape index (κ1) is 12.3. The van der Waals surface area contributed by atoms with Crippen LogP contribution < -0.4 is 10.6 Å². The molecule has 3 aromatic rings. The van der Waals surface area contributed by atoms with Crippen molar-refractivity contribution >= 4 is 22.4 Å². The number of fused-ring (bicyclic) bond motifs is 1. The van der Waals surface area contributed by atoms with Gasteiger partial charge in [0.05, 0.1) is 11.0 Å². The number of nitrogens with two attached hydrogens (primary N) is 1. The minimum Gasteiger partial charge on any atom is -0.399 e. The summed E-state index contributed by atoms with van der Waals surface area (Å²) < 4.78 is 0. The minimum absolute atomic E-state index is 0.752. The Kier molecular flexibility index (Phi) is 2.81. The number of aromatic amines is 1.